The number of carbonyl (C=O) groups excluding carboxylic acids is 1. The van der Waals surface area contributed by atoms with Gasteiger partial charge in [-0.2, -0.15) is 0 Å². The van der Waals surface area contributed by atoms with Crippen LogP contribution in [0.4, 0.5) is 0 Å². The van der Waals surface area contributed by atoms with E-state index in [2.05, 4.69) is 5.32 Å². The minimum Gasteiger partial charge on any atom is -0.481 e. The molecule has 4 nitrogen and oxygen atoms in total. The third kappa shape index (κ3) is 2.47. The van der Waals surface area contributed by atoms with Crippen molar-refractivity contribution in [2.45, 2.75) is 26.7 Å². The molecule has 1 aliphatic rings. The lowest BCUT2D eigenvalue weighted by molar-refractivity contribution is -0.139. The monoisotopic (exact) mass is 199 g/mol. The second-order valence-corrected chi connectivity index (χ2v) is 4.19. The Balaban J connectivity index is 2.66. The van der Waals surface area contributed by atoms with Crippen molar-refractivity contribution in [3.05, 3.63) is 0 Å². The van der Waals surface area contributed by atoms with E-state index in [1.165, 1.54) is 0 Å². The summed E-state index contributed by atoms with van der Waals surface area (Å²) in [6.45, 7) is 4.63. The van der Waals surface area contributed by atoms with Crippen LogP contribution in [0, 0.1) is 17.8 Å². The van der Waals surface area contributed by atoms with Crippen molar-refractivity contribution >= 4 is 11.9 Å². The number of aliphatic carboxylic acids is 1. The van der Waals surface area contributed by atoms with Crippen molar-refractivity contribution in [1.29, 1.82) is 0 Å². The molecule has 0 spiro atoms. The van der Waals surface area contributed by atoms with E-state index in [-0.39, 0.29) is 30.1 Å². The molecule has 14 heavy (non-hydrogen) atoms. The Labute approximate surface area is 83.7 Å². The van der Waals surface area contributed by atoms with Crippen LogP contribution in [0.15, 0.2) is 0 Å². The second kappa shape index (κ2) is 4.44. The molecule has 0 aliphatic carbocycles. The van der Waals surface area contributed by atoms with Crippen molar-refractivity contribution < 1.29 is 14.7 Å². The zero-order valence-corrected chi connectivity index (χ0v) is 8.62. The zero-order valence-electron chi connectivity index (χ0n) is 8.62. The number of carboxylic acid groups (broad SMARTS) is 1. The van der Waals surface area contributed by atoms with E-state index in [4.69, 9.17) is 5.11 Å². The first-order valence-corrected chi connectivity index (χ1v) is 5.02. The Kier molecular flexibility index (Phi) is 3.49. The van der Waals surface area contributed by atoms with E-state index in [1.54, 1.807) is 0 Å². The summed E-state index contributed by atoms with van der Waals surface area (Å²) in [6, 6.07) is 0. The fourth-order valence-electron chi connectivity index (χ4n) is 2.07. The molecule has 0 aromatic heterocycles. The maximum absolute atomic E-state index is 11.4. The Hall–Kier alpha value is -1.06. The highest BCUT2D eigenvalue weighted by Crippen LogP contribution is 2.29. The summed E-state index contributed by atoms with van der Waals surface area (Å²) in [5.74, 6) is -0.700. The summed E-state index contributed by atoms with van der Waals surface area (Å²) >= 11 is 0. The maximum Gasteiger partial charge on any atom is 0.303 e. The van der Waals surface area contributed by atoms with Gasteiger partial charge in [-0.1, -0.05) is 13.8 Å². The van der Waals surface area contributed by atoms with Crippen LogP contribution in [0.2, 0.25) is 0 Å². The first-order chi connectivity index (χ1) is 6.52. The lowest BCUT2D eigenvalue weighted by Gasteiger charge is -2.23. The first-order valence-electron chi connectivity index (χ1n) is 5.02. The van der Waals surface area contributed by atoms with E-state index in [1.807, 2.05) is 13.8 Å². The Morgan fingerprint density at radius 3 is 2.64 bits per heavy atom. The molecule has 2 N–H and O–H groups in total. The molecule has 1 amide bonds. The van der Waals surface area contributed by atoms with Gasteiger partial charge in [0.05, 0.1) is 0 Å². The molecule has 1 saturated heterocycles. The SMILES string of the molecule is CC(C)C(CC(=O)O)C1CCNC1=O. The highest BCUT2D eigenvalue weighted by molar-refractivity contribution is 5.81. The largest absolute Gasteiger partial charge is 0.481 e. The van der Waals surface area contributed by atoms with Crippen LogP contribution in [0.5, 0.6) is 0 Å². The van der Waals surface area contributed by atoms with Gasteiger partial charge in [-0.25, -0.2) is 0 Å². The molecule has 0 bridgehead atoms. The van der Waals surface area contributed by atoms with Gasteiger partial charge in [0, 0.05) is 18.9 Å². The van der Waals surface area contributed by atoms with Gasteiger partial charge in [0.15, 0.2) is 0 Å². The Bertz CT molecular complexity index is 238. The minimum absolute atomic E-state index is 0.0185. The summed E-state index contributed by atoms with van der Waals surface area (Å²) in [6.07, 6.45) is 0.866. The summed E-state index contributed by atoms with van der Waals surface area (Å²) < 4.78 is 0. The molecule has 0 radical (unpaired) electrons. The molecule has 1 aliphatic heterocycles. The van der Waals surface area contributed by atoms with E-state index in [0.29, 0.717) is 6.54 Å². The van der Waals surface area contributed by atoms with Gasteiger partial charge in [0.25, 0.3) is 0 Å². The smallest absolute Gasteiger partial charge is 0.303 e. The third-order valence-electron chi connectivity index (χ3n) is 2.87. The molecular formula is C10H17NO3. The van der Waals surface area contributed by atoms with Crippen molar-refractivity contribution in [3.63, 3.8) is 0 Å². The maximum atomic E-state index is 11.4. The van der Waals surface area contributed by atoms with Crippen LogP contribution in [-0.2, 0) is 9.59 Å². The number of carboxylic acids is 1. The van der Waals surface area contributed by atoms with Crippen molar-refractivity contribution in [1.82, 2.24) is 5.32 Å². The molecule has 0 aromatic rings. The number of carbonyl (C=O) groups is 2. The van der Waals surface area contributed by atoms with Crippen molar-refractivity contribution in [2.75, 3.05) is 6.54 Å². The normalized spacial score (nSPS) is 23.6. The molecule has 0 saturated carbocycles. The quantitative estimate of drug-likeness (QED) is 0.706. The van der Waals surface area contributed by atoms with Gasteiger partial charge in [0.2, 0.25) is 5.91 Å². The summed E-state index contributed by atoms with van der Waals surface area (Å²) in [5.41, 5.74) is 0. The average molecular weight is 199 g/mol. The number of nitrogens with one attached hydrogen (secondary N) is 1. The topological polar surface area (TPSA) is 66.4 Å². The van der Waals surface area contributed by atoms with Crippen LogP contribution < -0.4 is 5.32 Å². The van der Waals surface area contributed by atoms with Gasteiger partial charge in [0.1, 0.15) is 0 Å². The van der Waals surface area contributed by atoms with Gasteiger partial charge in [-0.05, 0) is 18.3 Å². The summed E-state index contributed by atoms with van der Waals surface area (Å²) in [4.78, 5) is 22.0. The van der Waals surface area contributed by atoms with Crippen LogP contribution in [0.1, 0.15) is 26.7 Å². The van der Waals surface area contributed by atoms with E-state index >= 15 is 0 Å². The first kappa shape index (κ1) is 11.0. The van der Waals surface area contributed by atoms with Gasteiger partial charge in [-0.15, -0.1) is 0 Å². The minimum atomic E-state index is -0.816. The number of hydrogen-bond donors (Lipinski definition) is 2. The Morgan fingerprint density at radius 1 is 1.64 bits per heavy atom. The lowest BCUT2D eigenvalue weighted by Crippen LogP contribution is -2.29. The van der Waals surface area contributed by atoms with Crippen LogP contribution in [0.25, 0.3) is 0 Å². The zero-order chi connectivity index (χ0) is 10.7. The lowest BCUT2D eigenvalue weighted by atomic mass is 9.80. The number of hydrogen-bond acceptors (Lipinski definition) is 2. The van der Waals surface area contributed by atoms with Crippen LogP contribution >= 0.6 is 0 Å². The van der Waals surface area contributed by atoms with Crippen molar-refractivity contribution in [3.8, 4) is 0 Å². The standard InChI is InChI=1S/C10H17NO3/c1-6(2)8(5-9(12)13)7-3-4-11-10(7)14/h6-8H,3-5H2,1-2H3,(H,11,14)(H,12,13). The Morgan fingerprint density at radius 2 is 2.29 bits per heavy atom. The molecule has 2 unspecified atom stereocenters. The molecule has 0 aromatic carbocycles. The van der Waals surface area contributed by atoms with Gasteiger partial charge >= 0.3 is 5.97 Å². The molecule has 1 fully saturated rings. The highest BCUT2D eigenvalue weighted by atomic mass is 16.4. The fraction of sp³-hybridized carbons (Fsp3) is 0.800. The molecule has 4 heteroatoms. The third-order valence-corrected chi connectivity index (χ3v) is 2.87. The number of amides is 1. The summed E-state index contributed by atoms with van der Waals surface area (Å²) in [5, 5.41) is 11.5. The predicted octanol–water partition coefficient (Wildman–Crippen LogP) is 0.869. The second-order valence-electron chi connectivity index (χ2n) is 4.19. The molecular weight excluding hydrogens is 182 g/mol. The molecule has 2 atom stereocenters. The fourth-order valence-corrected chi connectivity index (χ4v) is 2.07. The highest BCUT2D eigenvalue weighted by Gasteiger charge is 2.34. The average Bonchev–Trinajstić information content (AvgIpc) is 2.46. The van der Waals surface area contributed by atoms with Gasteiger partial charge in [-0.3, -0.25) is 9.59 Å². The molecule has 1 rings (SSSR count). The van der Waals surface area contributed by atoms with Crippen molar-refractivity contribution in [2.24, 2.45) is 17.8 Å². The van der Waals surface area contributed by atoms with Crippen LogP contribution in [0.3, 0.4) is 0 Å². The number of rotatable bonds is 4. The van der Waals surface area contributed by atoms with E-state index in [9.17, 15) is 9.59 Å². The van der Waals surface area contributed by atoms with E-state index < -0.39 is 5.97 Å². The van der Waals surface area contributed by atoms with Crippen LogP contribution in [-0.4, -0.2) is 23.5 Å². The summed E-state index contributed by atoms with van der Waals surface area (Å²) in [7, 11) is 0. The predicted molar refractivity (Wildman–Crippen MR) is 51.7 cm³/mol. The molecule has 80 valence electrons. The molecule has 1 heterocycles. The van der Waals surface area contributed by atoms with E-state index in [0.717, 1.165) is 6.42 Å². The van der Waals surface area contributed by atoms with Gasteiger partial charge < -0.3 is 10.4 Å².